The molecule has 152 valence electrons. The molecular weight excluding hydrogens is 432 g/mol. The van der Waals surface area contributed by atoms with Gasteiger partial charge in [0.05, 0.1) is 21.8 Å². The van der Waals surface area contributed by atoms with Crippen molar-refractivity contribution in [2.75, 3.05) is 4.90 Å². The summed E-state index contributed by atoms with van der Waals surface area (Å²) in [5.74, 6) is -1.69. The lowest BCUT2D eigenvalue weighted by Crippen LogP contribution is -2.29. The van der Waals surface area contributed by atoms with Gasteiger partial charge in [-0.3, -0.25) is 14.5 Å². The smallest absolute Gasteiger partial charge is 0.301 e. The number of benzene rings is 3. The van der Waals surface area contributed by atoms with Crippen LogP contribution in [0.4, 0.5) is 5.13 Å². The van der Waals surface area contributed by atoms with Crippen molar-refractivity contribution in [1.82, 2.24) is 4.98 Å². The van der Waals surface area contributed by atoms with Crippen LogP contribution in [0.2, 0.25) is 5.02 Å². The Labute approximate surface area is 186 Å². The molecule has 7 heteroatoms. The summed E-state index contributed by atoms with van der Waals surface area (Å²) in [5, 5.41) is 12.0. The van der Waals surface area contributed by atoms with Crippen molar-refractivity contribution in [2.24, 2.45) is 0 Å². The van der Waals surface area contributed by atoms with E-state index in [1.807, 2.05) is 30.3 Å². The maximum Gasteiger partial charge on any atom is 0.301 e. The summed E-state index contributed by atoms with van der Waals surface area (Å²) in [6.45, 7) is 0. The predicted octanol–water partition coefficient (Wildman–Crippen LogP) is 5.58. The Bertz CT molecular complexity index is 1310. The van der Waals surface area contributed by atoms with Gasteiger partial charge in [0.2, 0.25) is 0 Å². The Morgan fingerprint density at radius 2 is 1.61 bits per heavy atom. The van der Waals surface area contributed by atoms with E-state index in [9.17, 15) is 14.7 Å². The van der Waals surface area contributed by atoms with Crippen LogP contribution in [0.1, 0.15) is 17.2 Å². The molecule has 1 atom stereocenters. The fourth-order valence-electron chi connectivity index (χ4n) is 3.70. The first-order valence-corrected chi connectivity index (χ1v) is 10.7. The van der Waals surface area contributed by atoms with Crippen LogP contribution in [0.15, 0.2) is 84.4 Å². The van der Waals surface area contributed by atoms with Crippen LogP contribution in [-0.2, 0) is 9.59 Å². The lowest BCUT2D eigenvalue weighted by Gasteiger charge is -2.23. The molecule has 1 N–H and O–H groups in total. The Morgan fingerprint density at radius 1 is 0.935 bits per heavy atom. The molecule has 5 nitrogen and oxygen atoms in total. The molecule has 0 bridgehead atoms. The molecule has 31 heavy (non-hydrogen) atoms. The highest BCUT2D eigenvalue weighted by atomic mass is 35.5. The molecule has 2 heterocycles. The molecule has 0 aliphatic carbocycles. The van der Waals surface area contributed by atoms with E-state index >= 15 is 0 Å². The van der Waals surface area contributed by atoms with Crippen molar-refractivity contribution in [3.05, 3.63) is 101 Å². The van der Waals surface area contributed by atoms with Crippen LogP contribution in [0, 0.1) is 0 Å². The first kappa shape index (κ1) is 19.5. The van der Waals surface area contributed by atoms with Crippen molar-refractivity contribution in [2.45, 2.75) is 6.04 Å². The minimum Gasteiger partial charge on any atom is -0.507 e. The van der Waals surface area contributed by atoms with Gasteiger partial charge in [-0.2, -0.15) is 0 Å². The highest BCUT2D eigenvalue weighted by Gasteiger charge is 2.48. The Hall–Kier alpha value is -3.48. The molecule has 4 aromatic rings. The normalized spacial score (nSPS) is 18.1. The van der Waals surface area contributed by atoms with Crippen LogP contribution in [0.25, 0.3) is 16.0 Å². The van der Waals surface area contributed by atoms with Crippen LogP contribution in [-0.4, -0.2) is 21.8 Å². The highest BCUT2D eigenvalue weighted by molar-refractivity contribution is 7.22. The van der Waals surface area contributed by atoms with E-state index in [4.69, 9.17) is 11.6 Å². The lowest BCUT2D eigenvalue weighted by molar-refractivity contribution is -0.132. The highest BCUT2D eigenvalue weighted by Crippen LogP contribution is 2.44. The summed E-state index contributed by atoms with van der Waals surface area (Å²) < 4.78 is 0.900. The SMILES string of the molecule is O=C1C(=O)N(c2nc3ccccc3s2)C(c2ccc(Cl)cc2)C1=C(O)c1ccccc1. The van der Waals surface area contributed by atoms with Crippen molar-refractivity contribution < 1.29 is 14.7 Å². The Morgan fingerprint density at radius 3 is 2.32 bits per heavy atom. The molecule has 1 fully saturated rings. The number of halogens is 1. The number of aromatic nitrogens is 1. The fraction of sp³-hybridized carbons (Fsp3) is 0.0417. The van der Waals surface area contributed by atoms with Gasteiger partial charge < -0.3 is 5.11 Å². The maximum atomic E-state index is 13.2. The summed E-state index contributed by atoms with van der Waals surface area (Å²) in [6, 6.07) is 22.3. The number of rotatable bonds is 3. The molecule has 1 amide bonds. The molecule has 0 spiro atoms. The summed E-state index contributed by atoms with van der Waals surface area (Å²) >= 11 is 7.38. The third-order valence-electron chi connectivity index (χ3n) is 5.17. The third kappa shape index (κ3) is 3.30. The van der Waals surface area contributed by atoms with Gasteiger partial charge in [-0.25, -0.2) is 4.98 Å². The van der Waals surface area contributed by atoms with Crippen molar-refractivity contribution in [3.8, 4) is 0 Å². The molecule has 1 saturated heterocycles. The van der Waals surface area contributed by atoms with E-state index in [0.717, 1.165) is 10.2 Å². The zero-order valence-corrected chi connectivity index (χ0v) is 17.6. The Balaban J connectivity index is 1.74. The fourth-order valence-corrected chi connectivity index (χ4v) is 4.82. The second-order valence-electron chi connectivity index (χ2n) is 7.05. The molecule has 0 radical (unpaired) electrons. The van der Waals surface area contributed by atoms with E-state index in [2.05, 4.69) is 4.98 Å². The molecule has 1 aromatic heterocycles. The van der Waals surface area contributed by atoms with Crippen molar-refractivity contribution >= 4 is 55.7 Å². The molecule has 1 aliphatic rings. The standard InChI is InChI=1S/C24H15ClN2O3S/c25-16-12-10-14(11-13-16)20-19(21(28)15-6-2-1-3-7-15)22(29)23(30)27(20)24-26-17-8-4-5-9-18(17)31-24/h1-13,20,28H. The van der Waals surface area contributed by atoms with Gasteiger partial charge in [0.25, 0.3) is 5.78 Å². The summed E-state index contributed by atoms with van der Waals surface area (Å²) in [4.78, 5) is 32.2. The predicted molar refractivity (Wildman–Crippen MR) is 122 cm³/mol. The molecule has 0 saturated carbocycles. The van der Waals surface area contributed by atoms with Gasteiger partial charge in [-0.15, -0.1) is 0 Å². The van der Waals surface area contributed by atoms with E-state index in [0.29, 0.717) is 21.3 Å². The van der Waals surface area contributed by atoms with E-state index in [-0.39, 0.29) is 11.3 Å². The number of carbonyl (C=O) groups is 2. The van der Waals surface area contributed by atoms with Crippen molar-refractivity contribution in [1.29, 1.82) is 0 Å². The second-order valence-corrected chi connectivity index (χ2v) is 8.50. The van der Waals surface area contributed by atoms with Gasteiger partial charge in [0.15, 0.2) is 5.13 Å². The number of anilines is 1. The first-order chi connectivity index (χ1) is 15.0. The number of carbonyl (C=O) groups excluding carboxylic acids is 2. The quantitative estimate of drug-likeness (QED) is 0.253. The second kappa shape index (κ2) is 7.65. The number of hydrogen-bond acceptors (Lipinski definition) is 5. The number of hydrogen-bond donors (Lipinski definition) is 1. The number of amides is 1. The van der Waals surface area contributed by atoms with Crippen LogP contribution in [0.3, 0.4) is 0 Å². The third-order valence-corrected chi connectivity index (χ3v) is 6.45. The van der Waals surface area contributed by atoms with E-state index in [1.165, 1.54) is 16.2 Å². The zero-order chi connectivity index (χ0) is 21.5. The van der Waals surface area contributed by atoms with Gasteiger partial charge in [0.1, 0.15) is 5.76 Å². The number of ketones is 1. The number of nitrogens with zero attached hydrogens (tertiary/aromatic N) is 2. The van der Waals surface area contributed by atoms with Crippen LogP contribution >= 0.6 is 22.9 Å². The minimum atomic E-state index is -0.821. The zero-order valence-electron chi connectivity index (χ0n) is 16.0. The van der Waals surface area contributed by atoms with Gasteiger partial charge in [-0.05, 0) is 29.8 Å². The van der Waals surface area contributed by atoms with Gasteiger partial charge >= 0.3 is 5.91 Å². The average molecular weight is 447 g/mol. The number of fused-ring (bicyclic) bond motifs is 1. The van der Waals surface area contributed by atoms with Crippen LogP contribution < -0.4 is 4.90 Å². The van der Waals surface area contributed by atoms with Gasteiger partial charge in [-0.1, -0.05) is 77.5 Å². The minimum absolute atomic E-state index is 0.0257. The largest absolute Gasteiger partial charge is 0.507 e. The number of para-hydroxylation sites is 1. The lowest BCUT2D eigenvalue weighted by atomic mass is 9.95. The molecule has 1 aliphatic heterocycles. The van der Waals surface area contributed by atoms with E-state index in [1.54, 1.807) is 48.5 Å². The molecule has 1 unspecified atom stereocenters. The monoisotopic (exact) mass is 446 g/mol. The summed E-state index contributed by atoms with van der Waals surface area (Å²) in [5.41, 5.74) is 1.88. The number of aliphatic hydroxyl groups is 1. The molecule has 3 aromatic carbocycles. The summed E-state index contributed by atoms with van der Waals surface area (Å²) in [6.07, 6.45) is 0. The number of Topliss-reactive ketones (excluding diaryl/α,β-unsaturated/α-hetero) is 1. The first-order valence-electron chi connectivity index (χ1n) is 9.52. The van der Waals surface area contributed by atoms with E-state index < -0.39 is 17.7 Å². The molecular formula is C24H15ClN2O3S. The van der Waals surface area contributed by atoms with Gasteiger partial charge in [0, 0.05) is 10.6 Å². The van der Waals surface area contributed by atoms with Crippen molar-refractivity contribution in [3.63, 3.8) is 0 Å². The topological polar surface area (TPSA) is 70.5 Å². The number of thiazole rings is 1. The van der Waals surface area contributed by atoms with Crippen LogP contribution in [0.5, 0.6) is 0 Å². The number of aliphatic hydroxyl groups excluding tert-OH is 1. The molecule has 5 rings (SSSR count). The summed E-state index contributed by atoms with van der Waals surface area (Å²) in [7, 11) is 0. The average Bonchev–Trinajstić information content (AvgIpc) is 3.33. The maximum absolute atomic E-state index is 13.2. The Kier molecular flexibility index (Phi) is 4.81.